The molecule has 8 nitrogen and oxygen atoms in total. The fourth-order valence-corrected chi connectivity index (χ4v) is 13.7. The van der Waals surface area contributed by atoms with Gasteiger partial charge in [0.25, 0.3) is 0 Å². The standard InChI is InChI=1S/C38H71NO7SSi2/c1-25(15-18-32(40)44-10)28-16-17-29-33-27(24-39-47(41,42)43)34(46-49(13,14)36(5,6)7)31-23-26(45-48(11,12)35(2,3)4)19-21-38(31,9)30(33)20-22-37(28,29)8/h24-31,33-34H,15-23H2,1-14H3,(H,41,42,43)/t25-,26?,27?,28-,29+,30+,31+,33+,34?,37-,38-/m1/s1. The Morgan fingerprint density at radius 2 is 1.45 bits per heavy atom. The zero-order valence-electron chi connectivity index (χ0n) is 33.4. The molecule has 3 unspecified atom stereocenters. The van der Waals surface area contributed by atoms with Crippen molar-refractivity contribution in [3.8, 4) is 0 Å². The van der Waals surface area contributed by atoms with Crippen molar-refractivity contribution in [1.29, 1.82) is 0 Å². The molecule has 4 aliphatic rings. The molecule has 0 aromatic rings. The average Bonchev–Trinajstić information content (AvgIpc) is 3.31. The number of ether oxygens (including phenoxy) is 1. The molecule has 0 bridgehead atoms. The largest absolute Gasteiger partial charge is 0.469 e. The van der Waals surface area contributed by atoms with Crippen molar-refractivity contribution in [3.63, 3.8) is 0 Å². The molecule has 0 radical (unpaired) electrons. The third-order valence-corrected chi connectivity index (χ3v) is 24.8. The topological polar surface area (TPSA) is 111 Å². The summed E-state index contributed by atoms with van der Waals surface area (Å²) in [6.45, 7) is 30.3. The molecule has 4 aliphatic carbocycles. The quantitative estimate of drug-likeness (QED) is 0.103. The summed E-state index contributed by atoms with van der Waals surface area (Å²) in [6, 6.07) is 0. The predicted octanol–water partition coefficient (Wildman–Crippen LogP) is 9.72. The molecule has 0 saturated heterocycles. The molecular weight excluding hydrogens is 671 g/mol. The summed E-state index contributed by atoms with van der Waals surface area (Å²) in [6.07, 6.45) is 10.2. The minimum Gasteiger partial charge on any atom is -0.469 e. The van der Waals surface area contributed by atoms with Gasteiger partial charge in [0.15, 0.2) is 16.6 Å². The first-order chi connectivity index (χ1) is 22.2. The number of nitrogens with zero attached hydrogens (tertiary/aromatic N) is 1. The van der Waals surface area contributed by atoms with Crippen LogP contribution < -0.4 is 0 Å². The normalized spacial score (nSPS) is 38.1. The number of hydrogen-bond acceptors (Lipinski definition) is 6. The Kier molecular flexibility index (Phi) is 11.8. The van der Waals surface area contributed by atoms with Gasteiger partial charge in [-0.1, -0.05) is 62.3 Å². The highest BCUT2D eigenvalue weighted by atomic mass is 32.2. The minimum atomic E-state index is -4.57. The van der Waals surface area contributed by atoms with E-state index in [1.54, 1.807) is 6.21 Å². The molecule has 0 spiro atoms. The van der Waals surface area contributed by atoms with Crippen LogP contribution in [-0.2, 0) is 28.7 Å². The molecule has 1 N–H and O–H groups in total. The van der Waals surface area contributed by atoms with Gasteiger partial charge in [0.05, 0.1) is 13.2 Å². The molecule has 284 valence electrons. The van der Waals surface area contributed by atoms with Crippen molar-refractivity contribution >= 4 is 39.1 Å². The molecule has 4 saturated carbocycles. The van der Waals surface area contributed by atoms with E-state index in [4.69, 9.17) is 13.6 Å². The Hall–Kier alpha value is -0.596. The van der Waals surface area contributed by atoms with E-state index in [1.165, 1.54) is 7.11 Å². The number of carbonyl (C=O) groups is 1. The fourth-order valence-electron chi connectivity index (χ4n) is 10.6. The zero-order valence-corrected chi connectivity index (χ0v) is 36.2. The lowest BCUT2D eigenvalue weighted by atomic mass is 9.41. The summed E-state index contributed by atoms with van der Waals surface area (Å²) < 4.78 is 58.1. The van der Waals surface area contributed by atoms with E-state index in [0.717, 1.165) is 51.4 Å². The van der Waals surface area contributed by atoms with Crippen LogP contribution >= 0.6 is 0 Å². The molecule has 4 fully saturated rings. The molecular formula is C38H71NO7SSi2. The van der Waals surface area contributed by atoms with Gasteiger partial charge in [-0.05, 0) is 134 Å². The van der Waals surface area contributed by atoms with Gasteiger partial charge in [0.1, 0.15) is 0 Å². The van der Waals surface area contributed by atoms with Crippen LogP contribution in [-0.4, -0.2) is 61.1 Å². The molecule has 0 aliphatic heterocycles. The Bertz CT molecular complexity index is 1340. The van der Waals surface area contributed by atoms with E-state index < -0.39 is 26.9 Å². The average molecular weight is 742 g/mol. The summed E-state index contributed by atoms with van der Waals surface area (Å²) in [4.78, 5) is 12.1. The number of carbonyl (C=O) groups excluding carboxylic acids is 1. The number of esters is 1. The molecule has 49 heavy (non-hydrogen) atoms. The van der Waals surface area contributed by atoms with Crippen LogP contribution in [0.3, 0.4) is 0 Å². The van der Waals surface area contributed by atoms with Crippen molar-refractivity contribution in [1.82, 2.24) is 0 Å². The van der Waals surface area contributed by atoms with Crippen LogP contribution in [0.5, 0.6) is 0 Å². The first-order valence-electron chi connectivity index (χ1n) is 19.1. The number of hydrogen-bond donors (Lipinski definition) is 1. The van der Waals surface area contributed by atoms with Gasteiger partial charge in [-0.15, -0.1) is 0 Å². The third kappa shape index (κ3) is 8.16. The smallest absolute Gasteiger partial charge is 0.378 e. The highest BCUT2D eigenvalue weighted by Gasteiger charge is 2.66. The predicted molar refractivity (Wildman–Crippen MR) is 204 cm³/mol. The lowest BCUT2D eigenvalue weighted by Gasteiger charge is -2.66. The molecule has 0 aromatic carbocycles. The maximum atomic E-state index is 12.3. The molecule has 4 rings (SSSR count). The maximum Gasteiger partial charge on any atom is 0.378 e. The van der Waals surface area contributed by atoms with E-state index in [0.29, 0.717) is 30.1 Å². The van der Waals surface area contributed by atoms with Crippen molar-refractivity contribution in [2.75, 3.05) is 7.11 Å². The lowest BCUT2D eigenvalue weighted by molar-refractivity contribution is -0.182. The van der Waals surface area contributed by atoms with Crippen LogP contribution in [0.1, 0.15) is 120 Å². The second-order valence-corrected chi connectivity index (χ2v) is 30.7. The van der Waals surface area contributed by atoms with Gasteiger partial charge in [-0.3, -0.25) is 9.35 Å². The molecule has 11 atom stereocenters. The van der Waals surface area contributed by atoms with Crippen molar-refractivity contribution < 1.29 is 31.4 Å². The highest BCUT2D eigenvalue weighted by molar-refractivity contribution is 7.84. The van der Waals surface area contributed by atoms with Gasteiger partial charge < -0.3 is 13.6 Å². The SMILES string of the molecule is COC(=O)CC[C@@H](C)[C@H]1CC[C@H]2[C@@H]3C(C=NS(=O)(=O)O)C(O[Si](C)(C)C(C)(C)C)[C@@H]4CC(O[Si](C)(C)C(C)(C)C)CC[C@]4(C)[C@H]3CC[C@]12C. The van der Waals surface area contributed by atoms with Crippen LogP contribution in [0, 0.1) is 52.3 Å². The summed E-state index contributed by atoms with van der Waals surface area (Å²) in [5.41, 5.74) is 0.0809. The maximum absolute atomic E-state index is 12.3. The molecule has 11 heteroatoms. The summed E-state index contributed by atoms with van der Waals surface area (Å²) in [7, 11) is -7.47. The van der Waals surface area contributed by atoms with Crippen LogP contribution in [0.25, 0.3) is 0 Å². The number of methoxy groups -OCH3 is 1. The second-order valence-electron chi connectivity index (χ2n) is 20.1. The molecule has 0 heterocycles. The van der Waals surface area contributed by atoms with Gasteiger partial charge in [-0.25, -0.2) is 0 Å². The van der Waals surface area contributed by atoms with Crippen molar-refractivity contribution in [2.24, 2.45) is 56.7 Å². The summed E-state index contributed by atoms with van der Waals surface area (Å²) in [5.74, 6) is 1.61. The Morgan fingerprint density at radius 1 is 0.898 bits per heavy atom. The fraction of sp³-hybridized carbons (Fsp3) is 0.947. The summed E-state index contributed by atoms with van der Waals surface area (Å²) in [5, 5.41) is 0.0687. The van der Waals surface area contributed by atoms with Gasteiger partial charge in [0.2, 0.25) is 0 Å². The Morgan fingerprint density at radius 3 is 2.00 bits per heavy atom. The third-order valence-electron chi connectivity index (χ3n) is 15.4. The lowest BCUT2D eigenvalue weighted by Crippen LogP contribution is -2.65. The first-order valence-corrected chi connectivity index (χ1v) is 26.4. The van der Waals surface area contributed by atoms with Gasteiger partial charge in [-0.2, -0.15) is 12.8 Å². The van der Waals surface area contributed by atoms with Gasteiger partial charge >= 0.3 is 16.3 Å². The Labute approximate surface area is 301 Å². The summed E-state index contributed by atoms with van der Waals surface area (Å²) >= 11 is 0. The van der Waals surface area contributed by atoms with E-state index in [2.05, 4.69) is 92.9 Å². The van der Waals surface area contributed by atoms with E-state index in [-0.39, 0.29) is 56.8 Å². The van der Waals surface area contributed by atoms with E-state index >= 15 is 0 Å². The Balaban J connectivity index is 1.82. The zero-order chi connectivity index (χ0) is 37.2. The van der Waals surface area contributed by atoms with Crippen LogP contribution in [0.15, 0.2) is 4.40 Å². The number of fused-ring (bicyclic) bond motifs is 5. The molecule has 0 aromatic heterocycles. The van der Waals surface area contributed by atoms with Crippen LogP contribution in [0.2, 0.25) is 36.3 Å². The minimum absolute atomic E-state index is 0.0172. The first kappa shape index (κ1) is 41.2. The van der Waals surface area contributed by atoms with Gasteiger partial charge in [0, 0.05) is 24.7 Å². The van der Waals surface area contributed by atoms with Crippen molar-refractivity contribution in [3.05, 3.63) is 0 Å². The number of rotatable bonds is 10. The monoisotopic (exact) mass is 741 g/mol. The highest BCUT2D eigenvalue weighted by Crippen LogP contribution is 2.70. The van der Waals surface area contributed by atoms with E-state index in [1.807, 2.05) is 0 Å². The van der Waals surface area contributed by atoms with E-state index in [9.17, 15) is 17.8 Å². The second kappa shape index (κ2) is 14.0. The van der Waals surface area contributed by atoms with Crippen LogP contribution in [0.4, 0.5) is 0 Å². The molecule has 0 amide bonds. The van der Waals surface area contributed by atoms with Crippen molar-refractivity contribution in [2.45, 2.75) is 169 Å².